The summed E-state index contributed by atoms with van der Waals surface area (Å²) >= 11 is 0. The van der Waals surface area contributed by atoms with Gasteiger partial charge in [0.25, 0.3) is 0 Å². The molecule has 104 valence electrons. The molecule has 2 aromatic rings. The predicted octanol–water partition coefficient (Wildman–Crippen LogP) is 1.61. The molecule has 0 saturated heterocycles. The number of rotatable bonds is 5. The Bertz CT molecular complexity index is 786. The van der Waals surface area contributed by atoms with E-state index < -0.39 is 20.8 Å². The molecule has 0 atom stereocenters. The molecule has 0 radical (unpaired) electrons. The quantitative estimate of drug-likeness (QED) is 0.512. The fourth-order valence-electron chi connectivity index (χ4n) is 1.69. The highest BCUT2D eigenvalue weighted by Crippen LogP contribution is 2.25. The summed E-state index contributed by atoms with van der Waals surface area (Å²) in [6, 6.07) is 7.30. The first-order valence-electron chi connectivity index (χ1n) is 5.60. The number of para-hydroxylation sites is 1. The molecule has 0 saturated carbocycles. The first kappa shape index (κ1) is 14.1. The molecule has 8 heteroatoms. The predicted molar refractivity (Wildman–Crippen MR) is 73.8 cm³/mol. The average Bonchev–Trinajstić information content (AvgIpc) is 2.43. The Labute approximate surface area is 115 Å². The normalized spacial score (nSPS) is 11.4. The maximum atomic E-state index is 12.2. The summed E-state index contributed by atoms with van der Waals surface area (Å²) in [5, 5.41) is 11.2. The highest BCUT2D eigenvalue weighted by Gasteiger charge is 2.23. The maximum absolute atomic E-state index is 12.2. The molecule has 0 aliphatic rings. The number of hydrogen-bond donors (Lipinski definition) is 1. The molecule has 2 rings (SSSR count). The van der Waals surface area contributed by atoms with Gasteiger partial charge in [0, 0.05) is 11.9 Å². The zero-order valence-electron chi connectivity index (χ0n) is 10.3. The smallest absolute Gasteiger partial charge is 0.358 e. The van der Waals surface area contributed by atoms with Crippen molar-refractivity contribution in [1.82, 2.24) is 9.71 Å². The molecule has 1 aromatic carbocycles. The number of benzene rings is 1. The summed E-state index contributed by atoms with van der Waals surface area (Å²) in [7, 11) is -3.87. The SMILES string of the molecule is C=CCNS(=O)(=O)c1cc([N+](=O)[O-])nc2ccccc12. The van der Waals surface area contributed by atoms with Crippen LogP contribution in [0.3, 0.4) is 0 Å². The van der Waals surface area contributed by atoms with Gasteiger partial charge in [0.2, 0.25) is 10.0 Å². The monoisotopic (exact) mass is 293 g/mol. The van der Waals surface area contributed by atoms with Crippen molar-refractivity contribution in [3.63, 3.8) is 0 Å². The highest BCUT2D eigenvalue weighted by molar-refractivity contribution is 7.89. The largest absolute Gasteiger partial charge is 0.365 e. The van der Waals surface area contributed by atoms with E-state index in [0.717, 1.165) is 6.07 Å². The minimum absolute atomic E-state index is 0.0345. The van der Waals surface area contributed by atoms with Crippen LogP contribution in [0, 0.1) is 10.1 Å². The molecule has 0 amide bonds. The number of hydrogen-bond acceptors (Lipinski definition) is 5. The van der Waals surface area contributed by atoms with Crippen LogP contribution in [0.5, 0.6) is 0 Å². The van der Waals surface area contributed by atoms with E-state index in [1.165, 1.54) is 12.1 Å². The van der Waals surface area contributed by atoms with Gasteiger partial charge < -0.3 is 10.1 Å². The van der Waals surface area contributed by atoms with Gasteiger partial charge >= 0.3 is 5.82 Å². The summed E-state index contributed by atoms with van der Waals surface area (Å²) in [5.74, 6) is -0.511. The molecule has 7 nitrogen and oxygen atoms in total. The third-order valence-corrected chi connectivity index (χ3v) is 4.02. The number of nitrogens with one attached hydrogen (secondary N) is 1. The number of pyridine rings is 1. The molecule has 0 fully saturated rings. The van der Waals surface area contributed by atoms with Crippen LogP contribution in [0.25, 0.3) is 10.9 Å². The van der Waals surface area contributed by atoms with E-state index in [9.17, 15) is 18.5 Å². The molecule has 0 spiro atoms. The van der Waals surface area contributed by atoms with Crippen LogP contribution in [-0.2, 0) is 10.0 Å². The minimum atomic E-state index is -3.87. The van der Waals surface area contributed by atoms with E-state index >= 15 is 0 Å². The summed E-state index contributed by atoms with van der Waals surface area (Å²) in [4.78, 5) is 13.8. The number of nitrogens with zero attached hydrogens (tertiary/aromatic N) is 2. The van der Waals surface area contributed by atoms with Gasteiger partial charge in [-0.3, -0.25) is 0 Å². The van der Waals surface area contributed by atoms with Crippen molar-refractivity contribution in [1.29, 1.82) is 0 Å². The van der Waals surface area contributed by atoms with Crippen molar-refractivity contribution in [2.75, 3.05) is 6.54 Å². The second-order valence-corrected chi connectivity index (χ2v) is 5.63. The molecule has 0 aliphatic heterocycles. The van der Waals surface area contributed by atoms with Crippen molar-refractivity contribution in [2.45, 2.75) is 4.90 Å². The fourth-order valence-corrected chi connectivity index (χ4v) is 2.91. The van der Waals surface area contributed by atoms with Gasteiger partial charge in [-0.2, -0.15) is 0 Å². The van der Waals surface area contributed by atoms with E-state index in [2.05, 4.69) is 16.3 Å². The first-order valence-corrected chi connectivity index (χ1v) is 7.09. The van der Waals surface area contributed by atoms with Crippen molar-refractivity contribution in [2.24, 2.45) is 0 Å². The van der Waals surface area contributed by atoms with Crippen molar-refractivity contribution in [3.8, 4) is 0 Å². The van der Waals surface area contributed by atoms with Crippen LogP contribution in [0.2, 0.25) is 0 Å². The Morgan fingerprint density at radius 1 is 1.40 bits per heavy atom. The molecule has 0 aliphatic carbocycles. The lowest BCUT2D eigenvalue weighted by molar-refractivity contribution is -0.389. The molecule has 0 unspecified atom stereocenters. The van der Waals surface area contributed by atoms with Crippen LogP contribution in [-0.4, -0.2) is 24.9 Å². The van der Waals surface area contributed by atoms with Crippen LogP contribution in [0.15, 0.2) is 47.9 Å². The second-order valence-electron chi connectivity index (χ2n) is 3.89. The van der Waals surface area contributed by atoms with Gasteiger partial charge in [-0.25, -0.2) is 13.1 Å². The van der Waals surface area contributed by atoms with E-state index in [1.54, 1.807) is 18.2 Å². The molecular weight excluding hydrogens is 282 g/mol. The molecule has 1 N–H and O–H groups in total. The van der Waals surface area contributed by atoms with Crippen LogP contribution < -0.4 is 4.72 Å². The first-order chi connectivity index (χ1) is 9.45. The van der Waals surface area contributed by atoms with Gasteiger partial charge in [0.1, 0.15) is 4.90 Å². The third kappa shape index (κ3) is 2.65. The molecular formula is C12H11N3O4S. The van der Waals surface area contributed by atoms with Crippen LogP contribution in [0.1, 0.15) is 0 Å². The number of fused-ring (bicyclic) bond motifs is 1. The Kier molecular flexibility index (Phi) is 3.77. The van der Waals surface area contributed by atoms with Crippen molar-refractivity contribution >= 4 is 26.7 Å². The Morgan fingerprint density at radius 2 is 2.10 bits per heavy atom. The standard InChI is InChI=1S/C12H11N3O4S/c1-2-7-13-20(18,19)11-8-12(15(16)17)14-10-6-4-3-5-9(10)11/h2-6,8,13H,1,7H2. The second kappa shape index (κ2) is 5.35. The van der Waals surface area contributed by atoms with E-state index in [0.29, 0.717) is 5.39 Å². The minimum Gasteiger partial charge on any atom is -0.358 e. The summed E-state index contributed by atoms with van der Waals surface area (Å²) in [6.45, 7) is 3.45. The summed E-state index contributed by atoms with van der Waals surface area (Å²) < 4.78 is 26.6. The Morgan fingerprint density at radius 3 is 2.75 bits per heavy atom. The van der Waals surface area contributed by atoms with Gasteiger partial charge in [-0.15, -0.1) is 6.58 Å². The third-order valence-electron chi connectivity index (χ3n) is 2.56. The van der Waals surface area contributed by atoms with E-state index in [4.69, 9.17) is 0 Å². The zero-order chi connectivity index (χ0) is 14.8. The zero-order valence-corrected chi connectivity index (χ0v) is 11.1. The van der Waals surface area contributed by atoms with Crippen LogP contribution in [0.4, 0.5) is 5.82 Å². The van der Waals surface area contributed by atoms with Gasteiger partial charge in [0.05, 0.1) is 6.07 Å². The Balaban J connectivity index is 2.73. The lowest BCUT2D eigenvalue weighted by Crippen LogP contribution is -2.24. The number of sulfonamides is 1. The van der Waals surface area contributed by atoms with Crippen LogP contribution >= 0.6 is 0 Å². The molecule has 1 aromatic heterocycles. The summed E-state index contributed by atoms with van der Waals surface area (Å²) in [5.41, 5.74) is 0.251. The van der Waals surface area contributed by atoms with Gasteiger partial charge in [-0.05, 0) is 22.0 Å². The topological polar surface area (TPSA) is 102 Å². The van der Waals surface area contributed by atoms with Gasteiger partial charge in [0.15, 0.2) is 5.52 Å². The van der Waals surface area contributed by atoms with Gasteiger partial charge in [-0.1, -0.05) is 18.2 Å². The highest BCUT2D eigenvalue weighted by atomic mass is 32.2. The average molecular weight is 293 g/mol. The maximum Gasteiger partial charge on any atom is 0.365 e. The van der Waals surface area contributed by atoms with Crippen molar-refractivity contribution in [3.05, 3.63) is 53.1 Å². The molecule has 1 heterocycles. The summed E-state index contributed by atoms with van der Waals surface area (Å²) in [6.07, 6.45) is 1.38. The fraction of sp³-hybridized carbons (Fsp3) is 0.0833. The van der Waals surface area contributed by atoms with E-state index in [1.807, 2.05) is 0 Å². The number of aromatic nitrogens is 1. The van der Waals surface area contributed by atoms with E-state index in [-0.39, 0.29) is 17.0 Å². The molecule has 0 bridgehead atoms. The lowest BCUT2D eigenvalue weighted by Gasteiger charge is -2.06. The number of nitro groups is 1. The lowest BCUT2D eigenvalue weighted by atomic mass is 10.2. The van der Waals surface area contributed by atoms with Crippen molar-refractivity contribution < 1.29 is 13.3 Å². The molecule has 20 heavy (non-hydrogen) atoms. The Hall–Kier alpha value is -2.32.